The molecule has 1 atom stereocenters. The Morgan fingerprint density at radius 3 is 2.70 bits per heavy atom. The minimum Gasteiger partial charge on any atom is -0.382 e. The quantitative estimate of drug-likeness (QED) is 0.904. The molecular weight excluding hydrogens is 266 g/mol. The van der Waals surface area contributed by atoms with Crippen LogP contribution in [-0.2, 0) is 0 Å². The number of aromatic nitrogens is 2. The number of hydrogen-bond acceptors (Lipinski definition) is 3. The van der Waals surface area contributed by atoms with E-state index in [0.717, 1.165) is 18.2 Å². The predicted molar refractivity (Wildman–Crippen MR) is 69.9 cm³/mol. The Bertz CT molecular complexity index is 641. The summed E-state index contributed by atoms with van der Waals surface area (Å²) in [6, 6.07) is 3.89. The summed E-state index contributed by atoms with van der Waals surface area (Å²) in [5.41, 5.74) is 5.72. The van der Waals surface area contributed by atoms with E-state index in [9.17, 15) is 13.6 Å². The lowest BCUT2D eigenvalue weighted by molar-refractivity contribution is 0.0734. The van der Waals surface area contributed by atoms with Crippen LogP contribution in [0.25, 0.3) is 0 Å². The highest BCUT2D eigenvalue weighted by Gasteiger charge is 2.23. The Morgan fingerprint density at radius 1 is 1.40 bits per heavy atom. The van der Waals surface area contributed by atoms with E-state index in [2.05, 4.69) is 10.2 Å². The second-order valence-corrected chi connectivity index (χ2v) is 4.46. The van der Waals surface area contributed by atoms with Crippen molar-refractivity contribution in [1.82, 2.24) is 15.1 Å². The van der Waals surface area contributed by atoms with E-state index >= 15 is 0 Å². The molecule has 2 aromatic rings. The van der Waals surface area contributed by atoms with Crippen molar-refractivity contribution >= 4 is 11.7 Å². The Hall–Kier alpha value is -2.44. The number of amides is 1. The number of benzene rings is 1. The molecule has 1 aromatic carbocycles. The van der Waals surface area contributed by atoms with Gasteiger partial charge in [-0.15, -0.1) is 0 Å². The third kappa shape index (κ3) is 2.61. The molecule has 0 saturated heterocycles. The maximum Gasteiger partial charge on any atom is 0.272 e. The summed E-state index contributed by atoms with van der Waals surface area (Å²) in [6.45, 7) is 1.61. The second kappa shape index (κ2) is 5.28. The molecule has 0 saturated carbocycles. The zero-order chi connectivity index (χ0) is 14.9. The van der Waals surface area contributed by atoms with Crippen molar-refractivity contribution in [2.75, 3.05) is 12.8 Å². The van der Waals surface area contributed by atoms with Gasteiger partial charge in [-0.05, 0) is 25.1 Å². The van der Waals surface area contributed by atoms with Crippen molar-refractivity contribution in [3.8, 4) is 0 Å². The maximum absolute atomic E-state index is 13.7. The van der Waals surface area contributed by atoms with Crippen molar-refractivity contribution in [2.24, 2.45) is 0 Å². The van der Waals surface area contributed by atoms with E-state index in [4.69, 9.17) is 5.73 Å². The molecule has 7 heteroatoms. The smallest absolute Gasteiger partial charge is 0.272 e. The zero-order valence-corrected chi connectivity index (χ0v) is 11.0. The summed E-state index contributed by atoms with van der Waals surface area (Å²) in [6.07, 6.45) is 0. The highest BCUT2D eigenvalue weighted by molar-refractivity contribution is 5.93. The molecule has 106 valence electrons. The van der Waals surface area contributed by atoms with Gasteiger partial charge in [0.05, 0.1) is 6.04 Å². The molecule has 1 heterocycles. The molecule has 1 aromatic heterocycles. The summed E-state index contributed by atoms with van der Waals surface area (Å²) in [5.74, 6) is -1.35. The summed E-state index contributed by atoms with van der Waals surface area (Å²) in [5, 5.41) is 6.14. The first-order chi connectivity index (χ1) is 9.40. The number of halogens is 2. The molecule has 1 unspecified atom stereocenters. The van der Waals surface area contributed by atoms with Gasteiger partial charge in [0.15, 0.2) is 0 Å². The number of hydrogen-bond donors (Lipinski definition) is 2. The van der Waals surface area contributed by atoms with Gasteiger partial charge < -0.3 is 10.6 Å². The SMILES string of the molecule is CC(c1cc(F)ccc1F)N(C)C(=O)c1cc(N)n[nH]1. The summed E-state index contributed by atoms with van der Waals surface area (Å²) >= 11 is 0. The largest absolute Gasteiger partial charge is 0.382 e. The van der Waals surface area contributed by atoms with E-state index in [1.165, 1.54) is 18.0 Å². The molecule has 2 rings (SSSR count). The van der Waals surface area contributed by atoms with Gasteiger partial charge in [0.25, 0.3) is 5.91 Å². The van der Waals surface area contributed by atoms with E-state index in [0.29, 0.717) is 0 Å². The normalized spacial score (nSPS) is 12.2. The third-order valence-corrected chi connectivity index (χ3v) is 3.14. The van der Waals surface area contributed by atoms with E-state index < -0.39 is 23.6 Å². The average Bonchev–Trinajstić information content (AvgIpc) is 2.85. The van der Waals surface area contributed by atoms with Crippen LogP contribution in [0.4, 0.5) is 14.6 Å². The van der Waals surface area contributed by atoms with Gasteiger partial charge in [-0.3, -0.25) is 9.89 Å². The Labute approximate surface area is 114 Å². The number of anilines is 1. The number of nitrogen functional groups attached to an aromatic ring is 1. The summed E-state index contributed by atoms with van der Waals surface area (Å²) in [4.78, 5) is 13.4. The number of nitrogens with one attached hydrogen (secondary N) is 1. The first kappa shape index (κ1) is 14.0. The van der Waals surface area contributed by atoms with Crippen molar-refractivity contribution in [3.63, 3.8) is 0 Å². The van der Waals surface area contributed by atoms with Crippen LogP contribution in [0.3, 0.4) is 0 Å². The van der Waals surface area contributed by atoms with Crippen LogP contribution in [0.2, 0.25) is 0 Å². The molecule has 3 N–H and O–H groups in total. The highest BCUT2D eigenvalue weighted by Crippen LogP contribution is 2.24. The van der Waals surface area contributed by atoms with Crippen LogP contribution in [0.5, 0.6) is 0 Å². The fourth-order valence-corrected chi connectivity index (χ4v) is 1.86. The van der Waals surface area contributed by atoms with Gasteiger partial charge in [-0.2, -0.15) is 5.10 Å². The van der Waals surface area contributed by atoms with E-state index in [1.807, 2.05) is 0 Å². The monoisotopic (exact) mass is 280 g/mol. The highest BCUT2D eigenvalue weighted by atomic mass is 19.1. The molecular formula is C13H14F2N4O. The number of H-pyrrole nitrogens is 1. The van der Waals surface area contributed by atoms with Crippen LogP contribution >= 0.6 is 0 Å². The molecule has 0 bridgehead atoms. The Kier molecular flexibility index (Phi) is 3.69. The van der Waals surface area contributed by atoms with Crippen molar-refractivity contribution in [1.29, 1.82) is 0 Å². The number of rotatable bonds is 3. The topological polar surface area (TPSA) is 75.0 Å². The lowest BCUT2D eigenvalue weighted by Crippen LogP contribution is -2.30. The molecule has 1 amide bonds. The summed E-state index contributed by atoms with van der Waals surface area (Å²) in [7, 11) is 1.49. The maximum atomic E-state index is 13.7. The molecule has 0 fully saturated rings. The van der Waals surface area contributed by atoms with Crippen LogP contribution in [0.1, 0.15) is 29.0 Å². The Morgan fingerprint density at radius 2 is 2.10 bits per heavy atom. The number of nitrogens with zero attached hydrogens (tertiary/aromatic N) is 2. The average molecular weight is 280 g/mol. The molecule has 0 aliphatic carbocycles. The first-order valence-electron chi connectivity index (χ1n) is 5.93. The van der Waals surface area contributed by atoms with Crippen molar-refractivity contribution in [2.45, 2.75) is 13.0 Å². The minimum atomic E-state index is -0.636. The van der Waals surface area contributed by atoms with Crippen molar-refractivity contribution < 1.29 is 13.6 Å². The number of carbonyl (C=O) groups excluding carboxylic acids is 1. The Balaban J connectivity index is 2.26. The minimum absolute atomic E-state index is 0.105. The molecule has 0 aliphatic heterocycles. The van der Waals surface area contributed by atoms with Gasteiger partial charge in [-0.25, -0.2) is 8.78 Å². The predicted octanol–water partition coefficient (Wildman–Crippen LogP) is 2.10. The lowest BCUT2D eigenvalue weighted by atomic mass is 10.1. The van der Waals surface area contributed by atoms with Crippen LogP contribution < -0.4 is 5.73 Å². The van der Waals surface area contributed by atoms with Gasteiger partial charge >= 0.3 is 0 Å². The molecule has 5 nitrogen and oxygen atoms in total. The molecule has 0 spiro atoms. The third-order valence-electron chi connectivity index (χ3n) is 3.14. The van der Waals surface area contributed by atoms with E-state index in [1.54, 1.807) is 6.92 Å². The standard InChI is InChI=1S/C13H14F2N4O/c1-7(9-5-8(14)3-4-10(9)15)19(2)13(20)11-6-12(16)18-17-11/h3-7H,1-2H3,(H3,16,17,18). The summed E-state index contributed by atoms with van der Waals surface area (Å²) < 4.78 is 26.9. The lowest BCUT2D eigenvalue weighted by Gasteiger charge is -2.25. The fraction of sp³-hybridized carbons (Fsp3) is 0.231. The first-order valence-corrected chi connectivity index (χ1v) is 5.93. The van der Waals surface area contributed by atoms with Crippen molar-refractivity contribution in [3.05, 3.63) is 47.2 Å². The molecule has 20 heavy (non-hydrogen) atoms. The molecule has 0 radical (unpaired) electrons. The number of nitrogens with two attached hydrogens (primary N) is 1. The number of aromatic amines is 1. The fourth-order valence-electron chi connectivity index (χ4n) is 1.86. The van der Waals surface area contributed by atoms with Crippen LogP contribution in [-0.4, -0.2) is 28.1 Å². The number of carbonyl (C=O) groups is 1. The zero-order valence-electron chi connectivity index (χ0n) is 11.0. The molecule has 0 aliphatic rings. The second-order valence-electron chi connectivity index (χ2n) is 4.46. The van der Waals surface area contributed by atoms with Gasteiger partial charge in [0.1, 0.15) is 23.1 Å². The van der Waals surface area contributed by atoms with E-state index in [-0.39, 0.29) is 17.1 Å². The van der Waals surface area contributed by atoms with Gasteiger partial charge in [0.2, 0.25) is 0 Å². The van der Waals surface area contributed by atoms with Gasteiger partial charge in [0, 0.05) is 18.7 Å². The van der Waals surface area contributed by atoms with Gasteiger partial charge in [-0.1, -0.05) is 0 Å². The van der Waals surface area contributed by atoms with Crippen LogP contribution in [0, 0.1) is 11.6 Å². The van der Waals surface area contributed by atoms with Crippen LogP contribution in [0.15, 0.2) is 24.3 Å².